The number of nitriles is 1. The number of methoxy groups -OCH3 is 2. The van der Waals surface area contributed by atoms with Gasteiger partial charge in [0.05, 0.1) is 20.3 Å². The number of rotatable bonds is 2. The smallest absolute Gasteiger partial charge is 0.127 e. The van der Waals surface area contributed by atoms with E-state index in [9.17, 15) is 0 Å². The normalized spacial score (nSPS) is 15.2. The fourth-order valence-corrected chi connectivity index (χ4v) is 2.99. The summed E-state index contributed by atoms with van der Waals surface area (Å²) in [4.78, 5) is 0. The number of hydrogen-bond acceptors (Lipinski definition) is 3. The van der Waals surface area contributed by atoms with Crippen LogP contribution in [0.4, 0.5) is 0 Å². The molecule has 0 bridgehead atoms. The second kappa shape index (κ2) is 4.90. The molecule has 0 saturated heterocycles. The van der Waals surface area contributed by atoms with Crippen molar-refractivity contribution in [2.24, 2.45) is 0 Å². The van der Waals surface area contributed by atoms with Crippen molar-refractivity contribution in [1.82, 2.24) is 0 Å². The molecule has 3 nitrogen and oxygen atoms in total. The van der Waals surface area contributed by atoms with Crippen molar-refractivity contribution in [1.29, 1.82) is 5.26 Å². The van der Waals surface area contributed by atoms with Gasteiger partial charge in [0.15, 0.2) is 0 Å². The molecule has 100 valence electrons. The van der Waals surface area contributed by atoms with E-state index in [-0.39, 0.29) is 0 Å². The van der Waals surface area contributed by atoms with E-state index in [1.807, 2.05) is 12.1 Å². The van der Waals surface area contributed by atoms with Gasteiger partial charge >= 0.3 is 0 Å². The zero-order chi connectivity index (χ0) is 14.1. The minimum absolute atomic E-state index is 0.813. The molecule has 2 aromatic carbocycles. The minimum atomic E-state index is 0.813. The molecule has 3 rings (SSSR count). The predicted molar refractivity (Wildman–Crippen MR) is 79.0 cm³/mol. The summed E-state index contributed by atoms with van der Waals surface area (Å²) in [6.45, 7) is 0. The highest BCUT2D eigenvalue weighted by Gasteiger charge is 2.23. The van der Waals surface area contributed by atoms with E-state index in [4.69, 9.17) is 14.7 Å². The number of nitrogens with zero attached hydrogens (tertiary/aromatic N) is 1. The maximum atomic E-state index is 8.99. The SMILES string of the molecule is COc1ccc2ccc(OC)c3c2c1CC/C3=C\C#N. The standard InChI is InChI=1S/C17H15NO2/c1-19-14-7-4-11-5-8-15(20-2)17-12(9-10-18)3-6-13(14)16(11)17/h4-5,7-9H,3,6H2,1-2H3/b12-9+. The van der Waals surface area contributed by atoms with E-state index < -0.39 is 0 Å². The van der Waals surface area contributed by atoms with Crippen LogP contribution in [-0.2, 0) is 6.42 Å². The number of hydrogen-bond donors (Lipinski definition) is 0. The zero-order valence-corrected chi connectivity index (χ0v) is 11.6. The molecule has 0 unspecified atom stereocenters. The maximum absolute atomic E-state index is 8.99. The lowest BCUT2D eigenvalue weighted by Gasteiger charge is -2.23. The summed E-state index contributed by atoms with van der Waals surface area (Å²) in [7, 11) is 3.36. The lowest BCUT2D eigenvalue weighted by Crippen LogP contribution is -2.05. The van der Waals surface area contributed by atoms with Crippen molar-refractivity contribution in [3.63, 3.8) is 0 Å². The van der Waals surface area contributed by atoms with Crippen LogP contribution in [-0.4, -0.2) is 14.2 Å². The number of ether oxygens (including phenoxy) is 2. The molecule has 0 aromatic heterocycles. The fraction of sp³-hybridized carbons (Fsp3) is 0.235. The van der Waals surface area contributed by atoms with Crippen LogP contribution in [0, 0.1) is 11.3 Å². The Morgan fingerprint density at radius 1 is 1.05 bits per heavy atom. The van der Waals surface area contributed by atoms with Gasteiger partial charge in [-0.15, -0.1) is 0 Å². The lowest BCUT2D eigenvalue weighted by atomic mass is 9.84. The molecule has 0 heterocycles. The monoisotopic (exact) mass is 265 g/mol. The molecule has 0 saturated carbocycles. The molecule has 1 aliphatic rings. The molecular weight excluding hydrogens is 250 g/mol. The Labute approximate surface area is 118 Å². The Bertz CT molecular complexity index is 748. The van der Waals surface area contributed by atoms with Crippen LogP contribution < -0.4 is 9.47 Å². The van der Waals surface area contributed by atoms with Crippen LogP contribution in [0.5, 0.6) is 11.5 Å². The summed E-state index contributed by atoms with van der Waals surface area (Å²) in [6, 6.07) is 10.2. The summed E-state index contributed by atoms with van der Waals surface area (Å²) in [5, 5.41) is 11.3. The number of benzene rings is 2. The van der Waals surface area contributed by atoms with Crippen molar-refractivity contribution >= 4 is 16.3 Å². The van der Waals surface area contributed by atoms with Gasteiger partial charge in [-0.25, -0.2) is 0 Å². The second-order valence-corrected chi connectivity index (χ2v) is 4.79. The Balaban J connectivity index is 2.45. The van der Waals surface area contributed by atoms with Gasteiger partial charge in [0.1, 0.15) is 11.5 Å². The van der Waals surface area contributed by atoms with Gasteiger partial charge in [0.2, 0.25) is 0 Å². The van der Waals surface area contributed by atoms with Gasteiger partial charge in [-0.2, -0.15) is 5.26 Å². The molecule has 0 spiro atoms. The predicted octanol–water partition coefficient (Wildman–Crippen LogP) is 3.71. The third-order valence-corrected chi connectivity index (χ3v) is 3.86. The lowest BCUT2D eigenvalue weighted by molar-refractivity contribution is 0.408. The highest BCUT2D eigenvalue weighted by molar-refractivity contribution is 6.01. The quantitative estimate of drug-likeness (QED) is 0.777. The van der Waals surface area contributed by atoms with E-state index in [0.29, 0.717) is 0 Å². The Morgan fingerprint density at radius 2 is 1.75 bits per heavy atom. The molecule has 1 aliphatic carbocycles. The maximum Gasteiger partial charge on any atom is 0.127 e. The zero-order valence-electron chi connectivity index (χ0n) is 11.6. The highest BCUT2D eigenvalue weighted by Crippen LogP contribution is 2.44. The summed E-state index contributed by atoms with van der Waals surface area (Å²) in [5.74, 6) is 1.72. The summed E-state index contributed by atoms with van der Waals surface area (Å²) < 4.78 is 11.0. The summed E-state index contributed by atoms with van der Waals surface area (Å²) in [6.07, 6.45) is 3.34. The van der Waals surface area contributed by atoms with Crippen LogP contribution in [0.15, 0.2) is 30.3 Å². The van der Waals surface area contributed by atoms with Crippen molar-refractivity contribution < 1.29 is 9.47 Å². The van der Waals surface area contributed by atoms with Crippen LogP contribution in [0.25, 0.3) is 16.3 Å². The van der Waals surface area contributed by atoms with Gasteiger partial charge in [-0.05, 0) is 41.3 Å². The molecule has 0 N–H and O–H groups in total. The van der Waals surface area contributed by atoms with Crippen LogP contribution in [0.2, 0.25) is 0 Å². The molecule has 3 heteroatoms. The molecule has 0 radical (unpaired) electrons. The van der Waals surface area contributed by atoms with E-state index in [1.165, 1.54) is 5.56 Å². The van der Waals surface area contributed by atoms with Crippen molar-refractivity contribution in [2.75, 3.05) is 14.2 Å². The Kier molecular flexibility index (Phi) is 3.08. The van der Waals surface area contributed by atoms with Crippen LogP contribution >= 0.6 is 0 Å². The van der Waals surface area contributed by atoms with Gasteiger partial charge in [-0.1, -0.05) is 12.1 Å². The molecule has 20 heavy (non-hydrogen) atoms. The van der Waals surface area contributed by atoms with E-state index in [1.54, 1.807) is 20.3 Å². The summed E-state index contributed by atoms with van der Waals surface area (Å²) in [5.41, 5.74) is 3.27. The largest absolute Gasteiger partial charge is 0.496 e. The highest BCUT2D eigenvalue weighted by atomic mass is 16.5. The molecule has 0 atom stereocenters. The first-order valence-corrected chi connectivity index (χ1v) is 6.55. The van der Waals surface area contributed by atoms with Gasteiger partial charge in [-0.3, -0.25) is 0 Å². The third-order valence-electron chi connectivity index (χ3n) is 3.86. The van der Waals surface area contributed by atoms with E-state index in [2.05, 4.69) is 18.2 Å². The van der Waals surface area contributed by atoms with Crippen molar-refractivity contribution in [2.45, 2.75) is 12.8 Å². The first kappa shape index (κ1) is 12.6. The third kappa shape index (κ3) is 1.73. The average Bonchev–Trinajstić information content (AvgIpc) is 2.50. The topological polar surface area (TPSA) is 42.2 Å². The molecule has 0 amide bonds. The van der Waals surface area contributed by atoms with Crippen molar-refractivity contribution in [3.8, 4) is 17.6 Å². The Hall–Kier alpha value is -2.47. The van der Waals surface area contributed by atoms with Crippen molar-refractivity contribution in [3.05, 3.63) is 41.5 Å². The first-order valence-electron chi connectivity index (χ1n) is 6.55. The summed E-state index contributed by atoms with van der Waals surface area (Å²) >= 11 is 0. The molecule has 0 fully saturated rings. The number of allylic oxidation sites excluding steroid dienone is 2. The molecule has 0 aliphatic heterocycles. The first-order chi connectivity index (χ1) is 9.80. The molecule has 2 aromatic rings. The van der Waals surface area contributed by atoms with Gasteiger partial charge in [0, 0.05) is 17.2 Å². The Morgan fingerprint density at radius 3 is 2.40 bits per heavy atom. The average molecular weight is 265 g/mol. The van der Waals surface area contributed by atoms with Gasteiger partial charge < -0.3 is 9.47 Å². The van der Waals surface area contributed by atoms with Gasteiger partial charge in [0.25, 0.3) is 0 Å². The fourth-order valence-electron chi connectivity index (χ4n) is 2.99. The molecular formula is C17H15NO2. The number of aryl methyl sites for hydroxylation is 1. The van der Waals surface area contributed by atoms with E-state index in [0.717, 1.165) is 46.2 Å². The second-order valence-electron chi connectivity index (χ2n) is 4.79. The minimum Gasteiger partial charge on any atom is -0.496 e. The van der Waals surface area contributed by atoms with Crippen LogP contribution in [0.1, 0.15) is 17.5 Å². The van der Waals surface area contributed by atoms with E-state index >= 15 is 0 Å². The van der Waals surface area contributed by atoms with Crippen LogP contribution in [0.3, 0.4) is 0 Å².